The van der Waals surface area contributed by atoms with Crippen LogP contribution in [-0.4, -0.2) is 45.3 Å². The van der Waals surface area contributed by atoms with Gasteiger partial charge in [-0.15, -0.1) is 0 Å². The fraction of sp³-hybridized carbons (Fsp3) is 0.333. The lowest BCUT2D eigenvalue weighted by Crippen LogP contribution is -2.59. The van der Waals surface area contributed by atoms with Crippen molar-refractivity contribution >= 4 is 10.8 Å². The van der Waals surface area contributed by atoms with Gasteiger partial charge in [0.2, 0.25) is 5.79 Å². The van der Waals surface area contributed by atoms with Crippen molar-refractivity contribution in [3.8, 4) is 0 Å². The number of hydrogen-bond acceptors (Lipinski definition) is 5. The smallest absolute Gasteiger partial charge is 0.222 e. The highest BCUT2D eigenvalue weighted by molar-refractivity contribution is 5.86. The number of benzene rings is 2. The van der Waals surface area contributed by atoms with Gasteiger partial charge in [-0.1, -0.05) is 42.5 Å². The second kappa shape index (κ2) is 4.80. The lowest BCUT2D eigenvalue weighted by atomic mass is 9.88. The van der Waals surface area contributed by atoms with Gasteiger partial charge in [-0.25, -0.2) is 0 Å². The number of hydrogen-bond donors (Lipinski definition) is 4. The summed E-state index contributed by atoms with van der Waals surface area (Å²) in [6.07, 6.45) is -4.31. The van der Waals surface area contributed by atoms with Gasteiger partial charge in [0.1, 0.15) is 18.3 Å². The van der Waals surface area contributed by atoms with Gasteiger partial charge < -0.3 is 25.2 Å². The van der Waals surface area contributed by atoms with Crippen molar-refractivity contribution in [2.24, 2.45) is 0 Å². The first-order valence-corrected chi connectivity index (χ1v) is 6.43. The fourth-order valence-electron chi connectivity index (χ4n) is 2.61. The Bertz CT molecular complexity index is 623. The molecule has 0 unspecified atom stereocenters. The molecule has 0 saturated carbocycles. The van der Waals surface area contributed by atoms with Crippen LogP contribution in [-0.2, 0) is 10.5 Å². The predicted molar refractivity (Wildman–Crippen MR) is 71.8 cm³/mol. The van der Waals surface area contributed by atoms with Gasteiger partial charge in [0.25, 0.3) is 0 Å². The third kappa shape index (κ3) is 1.91. The Balaban J connectivity index is 2.14. The van der Waals surface area contributed by atoms with Crippen LogP contribution >= 0.6 is 0 Å². The van der Waals surface area contributed by atoms with Crippen molar-refractivity contribution < 1.29 is 25.2 Å². The molecule has 0 radical (unpaired) electrons. The molecule has 0 aromatic heterocycles. The zero-order valence-corrected chi connectivity index (χ0v) is 10.7. The SMILES string of the molecule is O[C@H]1[C@H](O)CO[C@](O)(c2cccc3ccccc23)[C@@H]1O. The van der Waals surface area contributed by atoms with Crippen LogP contribution in [0.3, 0.4) is 0 Å². The van der Waals surface area contributed by atoms with Gasteiger partial charge in [-0.2, -0.15) is 0 Å². The van der Waals surface area contributed by atoms with Gasteiger partial charge in [0.05, 0.1) is 6.61 Å². The summed E-state index contributed by atoms with van der Waals surface area (Å²) in [5.74, 6) is -2.04. The summed E-state index contributed by atoms with van der Waals surface area (Å²) in [7, 11) is 0. The highest BCUT2D eigenvalue weighted by Crippen LogP contribution is 2.37. The molecule has 1 saturated heterocycles. The van der Waals surface area contributed by atoms with Crippen molar-refractivity contribution in [1.29, 1.82) is 0 Å². The van der Waals surface area contributed by atoms with E-state index in [4.69, 9.17) is 4.74 Å². The van der Waals surface area contributed by atoms with Crippen molar-refractivity contribution in [3.63, 3.8) is 0 Å². The number of fused-ring (bicyclic) bond motifs is 1. The maximum atomic E-state index is 10.7. The third-order valence-electron chi connectivity index (χ3n) is 3.77. The summed E-state index contributed by atoms with van der Waals surface area (Å²) < 4.78 is 5.25. The summed E-state index contributed by atoms with van der Waals surface area (Å²) in [6.45, 7) is -0.252. The van der Waals surface area contributed by atoms with Crippen LogP contribution in [0.2, 0.25) is 0 Å². The normalized spacial score (nSPS) is 34.3. The average molecular weight is 276 g/mol. The molecule has 2 aromatic carbocycles. The molecule has 106 valence electrons. The Morgan fingerprint density at radius 3 is 2.50 bits per heavy atom. The molecular weight excluding hydrogens is 260 g/mol. The molecule has 4 atom stereocenters. The monoisotopic (exact) mass is 276 g/mol. The second-order valence-corrected chi connectivity index (χ2v) is 5.04. The van der Waals surface area contributed by atoms with Gasteiger partial charge in [0.15, 0.2) is 0 Å². The topological polar surface area (TPSA) is 90.2 Å². The molecule has 1 heterocycles. The van der Waals surface area contributed by atoms with Gasteiger partial charge in [-0.05, 0) is 10.8 Å². The zero-order valence-electron chi connectivity index (χ0n) is 10.7. The summed E-state index contributed by atoms with van der Waals surface area (Å²) in [5, 5.41) is 41.6. The van der Waals surface area contributed by atoms with E-state index in [1.807, 2.05) is 24.3 Å². The maximum absolute atomic E-state index is 10.7. The Hall–Kier alpha value is -1.50. The summed E-state index contributed by atoms with van der Waals surface area (Å²) in [6, 6.07) is 12.6. The van der Waals surface area contributed by atoms with E-state index in [0.717, 1.165) is 10.8 Å². The molecule has 0 aliphatic carbocycles. The minimum absolute atomic E-state index is 0.252. The highest BCUT2D eigenvalue weighted by Gasteiger charge is 2.50. The molecule has 1 aliphatic rings. The Morgan fingerprint density at radius 1 is 1.00 bits per heavy atom. The molecule has 4 N–H and O–H groups in total. The van der Waals surface area contributed by atoms with E-state index in [-0.39, 0.29) is 6.61 Å². The molecule has 0 amide bonds. The number of ether oxygens (including phenoxy) is 1. The quantitative estimate of drug-likeness (QED) is 0.593. The standard InChI is InChI=1S/C15H16O5/c16-12-8-20-15(19,14(18)13(12)17)11-7-3-5-9-4-1-2-6-10(9)11/h1-7,12-14,16-19H,8H2/t12-,13+,14-,15-/m1/s1. The molecule has 1 fully saturated rings. The number of aliphatic hydroxyl groups is 4. The molecule has 1 aliphatic heterocycles. The first kappa shape index (κ1) is 13.5. The second-order valence-electron chi connectivity index (χ2n) is 5.04. The summed E-state index contributed by atoms with van der Waals surface area (Å²) in [5.41, 5.74) is 0.369. The Kier molecular flexibility index (Phi) is 3.24. The lowest BCUT2D eigenvalue weighted by Gasteiger charge is -2.42. The van der Waals surface area contributed by atoms with Crippen molar-refractivity contribution in [3.05, 3.63) is 48.0 Å². The Morgan fingerprint density at radius 2 is 1.70 bits per heavy atom. The molecule has 20 heavy (non-hydrogen) atoms. The highest BCUT2D eigenvalue weighted by atomic mass is 16.6. The molecule has 5 nitrogen and oxygen atoms in total. The van der Waals surface area contributed by atoms with Crippen LogP contribution < -0.4 is 0 Å². The van der Waals surface area contributed by atoms with E-state index in [9.17, 15) is 20.4 Å². The number of rotatable bonds is 1. The van der Waals surface area contributed by atoms with Crippen molar-refractivity contribution in [1.82, 2.24) is 0 Å². The largest absolute Gasteiger partial charge is 0.388 e. The van der Waals surface area contributed by atoms with Gasteiger partial charge >= 0.3 is 0 Å². The molecule has 5 heteroatoms. The molecule has 3 rings (SSSR count). The molecular formula is C15H16O5. The first-order valence-electron chi connectivity index (χ1n) is 6.43. The third-order valence-corrected chi connectivity index (χ3v) is 3.77. The van der Waals surface area contributed by atoms with Crippen LogP contribution in [0.4, 0.5) is 0 Å². The van der Waals surface area contributed by atoms with Crippen molar-refractivity contribution in [2.75, 3.05) is 6.61 Å². The van der Waals surface area contributed by atoms with E-state index in [2.05, 4.69) is 0 Å². The fourth-order valence-corrected chi connectivity index (χ4v) is 2.61. The van der Waals surface area contributed by atoms with Crippen molar-refractivity contribution in [2.45, 2.75) is 24.1 Å². The predicted octanol–water partition coefficient (Wildman–Crippen LogP) is 0.0978. The molecule has 0 spiro atoms. The molecule has 2 aromatic rings. The average Bonchev–Trinajstić information content (AvgIpc) is 2.49. The van der Waals surface area contributed by atoms with Crippen LogP contribution in [0.5, 0.6) is 0 Å². The summed E-state index contributed by atoms with van der Waals surface area (Å²) in [4.78, 5) is 0. The van der Waals surface area contributed by atoms with E-state index in [1.165, 1.54) is 0 Å². The first-order chi connectivity index (χ1) is 9.54. The minimum atomic E-state index is -2.04. The molecule has 0 bridgehead atoms. The van der Waals surface area contributed by atoms with E-state index < -0.39 is 24.1 Å². The van der Waals surface area contributed by atoms with Gasteiger partial charge in [0, 0.05) is 5.56 Å². The zero-order chi connectivity index (χ0) is 14.3. The van der Waals surface area contributed by atoms with Crippen LogP contribution in [0.15, 0.2) is 42.5 Å². The Labute approximate surface area is 115 Å². The summed E-state index contributed by atoms with van der Waals surface area (Å²) >= 11 is 0. The van der Waals surface area contributed by atoms with Crippen LogP contribution in [0, 0.1) is 0 Å². The van der Waals surface area contributed by atoms with E-state index in [1.54, 1.807) is 18.2 Å². The number of aliphatic hydroxyl groups excluding tert-OH is 3. The van der Waals surface area contributed by atoms with E-state index >= 15 is 0 Å². The lowest BCUT2D eigenvalue weighted by molar-refractivity contribution is -0.329. The van der Waals surface area contributed by atoms with E-state index in [0.29, 0.717) is 5.56 Å². The van der Waals surface area contributed by atoms with Crippen LogP contribution in [0.1, 0.15) is 5.56 Å². The van der Waals surface area contributed by atoms with Crippen LogP contribution in [0.25, 0.3) is 10.8 Å². The van der Waals surface area contributed by atoms with Gasteiger partial charge in [-0.3, -0.25) is 0 Å². The minimum Gasteiger partial charge on any atom is -0.388 e. The maximum Gasteiger partial charge on any atom is 0.222 e.